The number of benzene rings is 4. The predicted octanol–water partition coefficient (Wildman–Crippen LogP) is 3.31. The molecule has 0 saturated carbocycles. The molecule has 0 spiro atoms. The summed E-state index contributed by atoms with van der Waals surface area (Å²) in [6, 6.07) is 35.3. The molecule has 2 aliphatic rings. The van der Waals surface area contributed by atoms with Crippen molar-refractivity contribution in [1.82, 2.24) is 4.98 Å². The number of para-hydroxylation sites is 3. The molecule has 7 rings (SSSR count). The average molecular weight is 526 g/mol. The Bertz CT molecular complexity index is 1440. The van der Waals surface area contributed by atoms with Crippen molar-refractivity contribution in [3.05, 3.63) is 97.1 Å². The molecule has 5 aromatic rings. The fourth-order valence-electron chi connectivity index (χ4n) is 4.40. The van der Waals surface area contributed by atoms with Gasteiger partial charge in [0.2, 0.25) is 0 Å². The Hall–Kier alpha value is -2.87. The molecule has 0 N–H and O–H groups in total. The van der Waals surface area contributed by atoms with Crippen LogP contribution in [-0.4, -0.2) is 34.9 Å². The molecule has 4 heteroatoms. The van der Waals surface area contributed by atoms with Crippen LogP contribution < -0.4 is 22.7 Å². The number of fused-ring (bicyclic) bond motifs is 5. The van der Waals surface area contributed by atoms with E-state index in [0.717, 1.165) is 11.2 Å². The van der Waals surface area contributed by atoms with Gasteiger partial charge < -0.3 is 0 Å². The Morgan fingerprint density at radius 2 is 1.19 bits per heavy atom. The monoisotopic (exact) mass is 528 g/mol. The molecule has 0 unspecified atom stereocenters. The minimum absolute atomic E-state index is 0.284. The topological polar surface area (TPSA) is 16.1 Å². The van der Waals surface area contributed by atoms with Gasteiger partial charge in [0, 0.05) is 0 Å². The Morgan fingerprint density at radius 1 is 0.581 bits per heavy atom. The van der Waals surface area contributed by atoms with E-state index in [0.29, 0.717) is 0 Å². The van der Waals surface area contributed by atoms with Crippen molar-refractivity contribution >= 4 is 75.7 Å². The van der Waals surface area contributed by atoms with E-state index in [-0.39, 0.29) is 29.9 Å². The second-order valence-corrected chi connectivity index (χ2v) is 12.2. The van der Waals surface area contributed by atoms with Gasteiger partial charge in [0.25, 0.3) is 0 Å². The summed E-state index contributed by atoms with van der Waals surface area (Å²) < 4.78 is 5.82. The molecule has 2 aliphatic heterocycles. The molecule has 146 valence electrons. The first-order valence-electron chi connectivity index (χ1n) is 10.2. The van der Waals surface area contributed by atoms with Crippen LogP contribution >= 0.6 is 0 Å². The number of anilines is 3. The van der Waals surface area contributed by atoms with Crippen LogP contribution in [0.5, 0.6) is 0 Å². The van der Waals surface area contributed by atoms with Crippen LogP contribution in [0.1, 0.15) is 0 Å². The number of pyridine rings is 1. The van der Waals surface area contributed by atoms with Crippen molar-refractivity contribution in [2.75, 3.05) is 4.90 Å². The van der Waals surface area contributed by atoms with Crippen molar-refractivity contribution in [3.8, 4) is 11.3 Å². The van der Waals surface area contributed by atoms with Gasteiger partial charge in [-0.2, -0.15) is 0 Å². The molecule has 1 aromatic heterocycles. The van der Waals surface area contributed by atoms with Crippen molar-refractivity contribution in [2.24, 2.45) is 0 Å². The summed E-state index contributed by atoms with van der Waals surface area (Å²) in [6.07, 6.45) is 0. The molecule has 3 heterocycles. The van der Waals surface area contributed by atoms with Gasteiger partial charge in [0.15, 0.2) is 0 Å². The fraction of sp³-hybridized carbons (Fsp3) is 0. The molecule has 31 heavy (non-hydrogen) atoms. The van der Waals surface area contributed by atoms with Gasteiger partial charge in [0.05, 0.1) is 0 Å². The molecule has 2 nitrogen and oxygen atoms in total. The Labute approximate surface area is 193 Å². The molecule has 0 aliphatic carbocycles. The van der Waals surface area contributed by atoms with Crippen LogP contribution in [0.2, 0.25) is 0 Å². The van der Waals surface area contributed by atoms with Crippen LogP contribution in [-0.2, 0) is 0 Å². The first kappa shape index (κ1) is 17.8. The van der Waals surface area contributed by atoms with E-state index >= 15 is 0 Å². The van der Waals surface area contributed by atoms with E-state index in [9.17, 15) is 0 Å². The number of aromatic nitrogens is 1. The molecule has 0 radical (unpaired) electrons. The van der Waals surface area contributed by atoms with E-state index in [1.165, 1.54) is 45.9 Å². The molecule has 0 amide bonds. The van der Waals surface area contributed by atoms with Crippen molar-refractivity contribution in [2.45, 2.75) is 0 Å². The number of hydrogen-bond acceptors (Lipinski definition) is 2. The minimum atomic E-state index is 0.284. The van der Waals surface area contributed by atoms with E-state index in [1.54, 1.807) is 0 Å². The van der Waals surface area contributed by atoms with Crippen molar-refractivity contribution in [3.63, 3.8) is 0 Å². The molecule has 0 saturated heterocycles. The van der Waals surface area contributed by atoms with Gasteiger partial charge >= 0.3 is 194 Å². The van der Waals surface area contributed by atoms with Crippen LogP contribution in [0.15, 0.2) is 97.1 Å². The number of rotatable bonds is 1. The third kappa shape index (κ3) is 2.74. The SMILES string of the molecule is c1ccc2c(c1)[Se]c1cc(-c3ccc4ccccc4n3)cc3c1N2c1ccccc1[Se]3. The summed E-state index contributed by atoms with van der Waals surface area (Å²) in [6.45, 7) is 0. The van der Waals surface area contributed by atoms with Crippen LogP contribution in [0.25, 0.3) is 22.2 Å². The first-order valence-corrected chi connectivity index (χ1v) is 13.7. The second kappa shape index (κ2) is 6.82. The summed E-state index contributed by atoms with van der Waals surface area (Å²) in [5, 5.41) is 1.19. The average Bonchev–Trinajstić information content (AvgIpc) is 2.83. The van der Waals surface area contributed by atoms with Crippen molar-refractivity contribution in [1.29, 1.82) is 0 Å². The van der Waals surface area contributed by atoms with Crippen LogP contribution in [0, 0.1) is 0 Å². The van der Waals surface area contributed by atoms with Gasteiger partial charge in [0.1, 0.15) is 0 Å². The van der Waals surface area contributed by atoms with Crippen LogP contribution in [0.3, 0.4) is 0 Å². The zero-order chi connectivity index (χ0) is 20.4. The Morgan fingerprint density at radius 3 is 1.90 bits per heavy atom. The summed E-state index contributed by atoms with van der Waals surface area (Å²) in [5.74, 6) is 0. The quantitative estimate of drug-likeness (QED) is 0.306. The van der Waals surface area contributed by atoms with Gasteiger partial charge in [-0.05, 0) is 0 Å². The zero-order valence-electron chi connectivity index (χ0n) is 16.4. The predicted molar refractivity (Wildman–Crippen MR) is 132 cm³/mol. The normalized spacial score (nSPS) is 13.5. The molecule has 0 fully saturated rings. The second-order valence-electron chi connectivity index (χ2n) is 7.69. The third-order valence-corrected chi connectivity index (χ3v) is 10.4. The Balaban J connectivity index is 1.47. The standard InChI is InChI=1S/C27H16N2Se2/c1-2-8-19-17(7-1)13-14-20(28-19)18-15-25-27-26(16-18)31-24-12-6-4-10-22(24)29(27)21-9-3-5-11-23(21)30-25/h1-16H. The fourth-order valence-corrected chi connectivity index (χ4v) is 9.47. The Kier molecular flexibility index (Phi) is 3.91. The maximum atomic E-state index is 5.00. The summed E-state index contributed by atoms with van der Waals surface area (Å²) in [5.41, 5.74) is 7.46. The zero-order valence-corrected chi connectivity index (χ0v) is 19.9. The van der Waals surface area contributed by atoms with E-state index in [4.69, 9.17) is 4.98 Å². The molecule has 0 bridgehead atoms. The molecule has 0 atom stereocenters. The van der Waals surface area contributed by atoms with Gasteiger partial charge in [-0.1, -0.05) is 0 Å². The van der Waals surface area contributed by atoms with E-state index in [1.807, 2.05) is 0 Å². The molecular weight excluding hydrogens is 510 g/mol. The molecule has 4 aromatic carbocycles. The van der Waals surface area contributed by atoms with E-state index in [2.05, 4.69) is 102 Å². The van der Waals surface area contributed by atoms with Gasteiger partial charge in [-0.25, -0.2) is 0 Å². The first-order chi connectivity index (χ1) is 15.3. The van der Waals surface area contributed by atoms with Crippen molar-refractivity contribution < 1.29 is 0 Å². The number of hydrogen-bond donors (Lipinski definition) is 0. The maximum absolute atomic E-state index is 5.00. The third-order valence-electron chi connectivity index (χ3n) is 5.81. The van der Waals surface area contributed by atoms with Gasteiger partial charge in [-0.15, -0.1) is 0 Å². The van der Waals surface area contributed by atoms with Crippen LogP contribution in [0.4, 0.5) is 17.1 Å². The number of nitrogens with zero attached hydrogens (tertiary/aromatic N) is 2. The van der Waals surface area contributed by atoms with Gasteiger partial charge in [-0.3, -0.25) is 0 Å². The van der Waals surface area contributed by atoms with E-state index < -0.39 is 0 Å². The summed E-state index contributed by atoms with van der Waals surface area (Å²) in [7, 11) is 0. The molecular formula is C27H16N2Se2. The summed E-state index contributed by atoms with van der Waals surface area (Å²) in [4.78, 5) is 7.50. The summed E-state index contributed by atoms with van der Waals surface area (Å²) >= 11 is 0.568.